The van der Waals surface area contributed by atoms with Crippen LogP contribution in [0.2, 0.25) is 0 Å². The molecule has 0 bridgehead atoms. The van der Waals surface area contributed by atoms with E-state index >= 15 is 0 Å². The third-order valence-corrected chi connectivity index (χ3v) is 3.59. The van der Waals surface area contributed by atoms with Crippen LogP contribution in [0.4, 0.5) is 0 Å². The molecule has 0 saturated heterocycles. The van der Waals surface area contributed by atoms with Gasteiger partial charge in [0.1, 0.15) is 0 Å². The number of para-hydroxylation sites is 1. The highest BCUT2D eigenvalue weighted by molar-refractivity contribution is 5.82. The second-order valence-corrected chi connectivity index (χ2v) is 4.64. The molecule has 82 valence electrons. The van der Waals surface area contributed by atoms with Crippen LogP contribution in [-0.4, -0.2) is 4.98 Å². The highest BCUT2D eigenvalue weighted by Crippen LogP contribution is 2.25. The second kappa shape index (κ2) is 3.89. The van der Waals surface area contributed by atoms with Gasteiger partial charge in [0.2, 0.25) is 0 Å². The number of rotatable bonds is 1. The fraction of sp³-hybridized carbons (Fsp3) is 0.400. The average Bonchev–Trinajstić information content (AvgIpc) is 2.35. The largest absolute Gasteiger partial charge is 0.252 e. The maximum Gasteiger partial charge on any atom is 0.0737 e. The van der Waals surface area contributed by atoms with E-state index in [9.17, 15) is 0 Å². The number of hydrogen-bond donors (Lipinski definition) is 0. The molecule has 0 radical (unpaired) electrons. The van der Waals surface area contributed by atoms with E-state index in [1.165, 1.54) is 53.4 Å². The molecule has 0 spiro atoms. The van der Waals surface area contributed by atoms with E-state index < -0.39 is 0 Å². The molecule has 0 amide bonds. The molecule has 1 heterocycles. The molecule has 1 aromatic heterocycles. The van der Waals surface area contributed by atoms with Crippen LogP contribution >= 0.6 is 0 Å². The van der Waals surface area contributed by atoms with Crippen molar-refractivity contribution < 1.29 is 0 Å². The van der Waals surface area contributed by atoms with Crippen molar-refractivity contribution in [1.82, 2.24) is 4.98 Å². The third kappa shape index (κ3) is 1.51. The van der Waals surface area contributed by atoms with Crippen molar-refractivity contribution >= 4 is 10.9 Å². The minimum atomic E-state index is 1.07. The molecule has 1 aromatic carbocycles. The molecule has 1 aliphatic carbocycles. The Bertz CT molecular complexity index is 528. The SMILES string of the molecule is CCc1cccc2cc3c(nc12)CCCC3. The zero-order valence-corrected chi connectivity index (χ0v) is 9.79. The first-order valence-corrected chi connectivity index (χ1v) is 6.29. The Labute approximate surface area is 96.5 Å². The summed E-state index contributed by atoms with van der Waals surface area (Å²) in [6.07, 6.45) is 6.09. The van der Waals surface area contributed by atoms with E-state index in [0.717, 1.165) is 6.42 Å². The van der Waals surface area contributed by atoms with Crippen LogP contribution in [-0.2, 0) is 19.3 Å². The summed E-state index contributed by atoms with van der Waals surface area (Å²) in [7, 11) is 0. The van der Waals surface area contributed by atoms with Gasteiger partial charge in [-0.3, -0.25) is 4.98 Å². The molecule has 2 aromatic rings. The average molecular weight is 211 g/mol. The Morgan fingerprint density at radius 2 is 2.06 bits per heavy atom. The summed E-state index contributed by atoms with van der Waals surface area (Å²) in [5.41, 5.74) is 5.43. The molecule has 0 N–H and O–H groups in total. The van der Waals surface area contributed by atoms with Crippen LogP contribution in [0.15, 0.2) is 24.3 Å². The Morgan fingerprint density at radius 3 is 2.94 bits per heavy atom. The number of hydrogen-bond acceptors (Lipinski definition) is 1. The summed E-state index contributed by atoms with van der Waals surface area (Å²) in [6, 6.07) is 8.90. The van der Waals surface area contributed by atoms with E-state index in [2.05, 4.69) is 31.2 Å². The fourth-order valence-corrected chi connectivity index (χ4v) is 2.67. The molecule has 1 heteroatoms. The van der Waals surface area contributed by atoms with Gasteiger partial charge in [-0.2, -0.15) is 0 Å². The van der Waals surface area contributed by atoms with Crippen LogP contribution in [0.25, 0.3) is 10.9 Å². The molecule has 0 aliphatic heterocycles. The quantitative estimate of drug-likeness (QED) is 0.701. The van der Waals surface area contributed by atoms with Gasteiger partial charge in [-0.15, -0.1) is 0 Å². The van der Waals surface area contributed by atoms with Crippen LogP contribution in [0.3, 0.4) is 0 Å². The normalized spacial score (nSPS) is 15.1. The summed E-state index contributed by atoms with van der Waals surface area (Å²) in [5, 5.41) is 1.32. The molecule has 16 heavy (non-hydrogen) atoms. The van der Waals surface area contributed by atoms with Crippen LogP contribution < -0.4 is 0 Å². The van der Waals surface area contributed by atoms with E-state index in [0.29, 0.717) is 0 Å². The topological polar surface area (TPSA) is 12.9 Å². The molecule has 0 saturated carbocycles. The molecular formula is C15H17N. The van der Waals surface area contributed by atoms with E-state index in [-0.39, 0.29) is 0 Å². The van der Waals surface area contributed by atoms with Gasteiger partial charge in [-0.25, -0.2) is 0 Å². The van der Waals surface area contributed by atoms with Gasteiger partial charge in [0.05, 0.1) is 5.52 Å². The van der Waals surface area contributed by atoms with Crippen LogP contribution in [0.5, 0.6) is 0 Å². The van der Waals surface area contributed by atoms with Gasteiger partial charge < -0.3 is 0 Å². The summed E-state index contributed by atoms with van der Waals surface area (Å²) in [6.45, 7) is 2.20. The maximum absolute atomic E-state index is 4.89. The van der Waals surface area contributed by atoms with Gasteiger partial charge >= 0.3 is 0 Å². The number of aromatic nitrogens is 1. The monoisotopic (exact) mass is 211 g/mol. The number of aryl methyl sites for hydroxylation is 3. The minimum absolute atomic E-state index is 1.07. The van der Waals surface area contributed by atoms with Crippen LogP contribution in [0.1, 0.15) is 36.6 Å². The number of pyridine rings is 1. The molecule has 0 unspecified atom stereocenters. The number of benzene rings is 1. The predicted octanol–water partition coefficient (Wildman–Crippen LogP) is 3.68. The second-order valence-electron chi connectivity index (χ2n) is 4.64. The van der Waals surface area contributed by atoms with Gasteiger partial charge in [-0.05, 0) is 49.3 Å². The highest BCUT2D eigenvalue weighted by Gasteiger charge is 2.12. The lowest BCUT2D eigenvalue weighted by Gasteiger charge is -2.16. The first-order chi connectivity index (χ1) is 7.88. The molecule has 0 atom stereocenters. The Balaban J connectivity index is 2.27. The summed E-state index contributed by atoms with van der Waals surface area (Å²) in [4.78, 5) is 4.89. The van der Waals surface area contributed by atoms with Crippen molar-refractivity contribution in [2.45, 2.75) is 39.0 Å². The molecule has 0 fully saturated rings. The zero-order valence-electron chi connectivity index (χ0n) is 9.79. The Kier molecular flexibility index (Phi) is 2.39. The van der Waals surface area contributed by atoms with Crippen molar-refractivity contribution in [3.63, 3.8) is 0 Å². The number of nitrogens with zero attached hydrogens (tertiary/aromatic N) is 1. The van der Waals surface area contributed by atoms with Gasteiger partial charge in [0.25, 0.3) is 0 Å². The van der Waals surface area contributed by atoms with Crippen molar-refractivity contribution in [1.29, 1.82) is 0 Å². The first kappa shape index (κ1) is 9.83. The Hall–Kier alpha value is -1.37. The Morgan fingerprint density at radius 1 is 1.19 bits per heavy atom. The van der Waals surface area contributed by atoms with Crippen molar-refractivity contribution in [3.8, 4) is 0 Å². The molecule has 1 aliphatic rings. The summed E-state index contributed by atoms with van der Waals surface area (Å²) < 4.78 is 0. The van der Waals surface area contributed by atoms with Gasteiger partial charge in [0, 0.05) is 11.1 Å². The first-order valence-electron chi connectivity index (χ1n) is 6.29. The van der Waals surface area contributed by atoms with E-state index in [1.807, 2.05) is 0 Å². The fourth-order valence-electron chi connectivity index (χ4n) is 2.67. The summed E-state index contributed by atoms with van der Waals surface area (Å²) >= 11 is 0. The van der Waals surface area contributed by atoms with Crippen molar-refractivity contribution in [2.24, 2.45) is 0 Å². The summed E-state index contributed by atoms with van der Waals surface area (Å²) in [5.74, 6) is 0. The standard InChI is InChI=1S/C15H17N/c1-2-11-7-5-8-13-10-12-6-3-4-9-14(12)16-15(11)13/h5,7-8,10H,2-4,6,9H2,1H3. The minimum Gasteiger partial charge on any atom is -0.252 e. The van der Waals surface area contributed by atoms with Crippen molar-refractivity contribution in [3.05, 3.63) is 41.1 Å². The lowest BCUT2D eigenvalue weighted by molar-refractivity contribution is 0.671. The maximum atomic E-state index is 4.89. The third-order valence-electron chi connectivity index (χ3n) is 3.59. The van der Waals surface area contributed by atoms with Gasteiger partial charge in [0.15, 0.2) is 0 Å². The lowest BCUT2D eigenvalue weighted by atomic mass is 9.94. The molecule has 3 rings (SSSR count). The number of fused-ring (bicyclic) bond motifs is 2. The predicted molar refractivity (Wildman–Crippen MR) is 67.8 cm³/mol. The highest BCUT2D eigenvalue weighted by atomic mass is 14.7. The molecular weight excluding hydrogens is 194 g/mol. The van der Waals surface area contributed by atoms with E-state index in [4.69, 9.17) is 4.98 Å². The van der Waals surface area contributed by atoms with E-state index in [1.54, 1.807) is 0 Å². The lowest BCUT2D eigenvalue weighted by Crippen LogP contribution is -2.05. The van der Waals surface area contributed by atoms with Crippen molar-refractivity contribution in [2.75, 3.05) is 0 Å². The molecule has 1 nitrogen and oxygen atoms in total. The zero-order chi connectivity index (χ0) is 11.0. The smallest absolute Gasteiger partial charge is 0.0737 e. The van der Waals surface area contributed by atoms with Gasteiger partial charge in [-0.1, -0.05) is 25.1 Å². The van der Waals surface area contributed by atoms with Crippen LogP contribution in [0, 0.1) is 0 Å².